The average Bonchev–Trinajstić information content (AvgIpc) is 2.89. The lowest BCUT2D eigenvalue weighted by atomic mass is 10.2. The molecule has 1 aromatic heterocycles. The van der Waals surface area contributed by atoms with Gasteiger partial charge in [0.15, 0.2) is 0 Å². The zero-order valence-corrected chi connectivity index (χ0v) is 15.9. The van der Waals surface area contributed by atoms with E-state index < -0.39 is 17.5 Å². The van der Waals surface area contributed by atoms with E-state index in [0.29, 0.717) is 22.8 Å². The van der Waals surface area contributed by atoms with Gasteiger partial charge in [-0.3, -0.25) is 4.79 Å². The van der Waals surface area contributed by atoms with Crippen LogP contribution in [0.15, 0.2) is 36.4 Å². The summed E-state index contributed by atoms with van der Waals surface area (Å²) in [6, 6.07) is 7.20. The number of benzene rings is 2. The van der Waals surface area contributed by atoms with Crippen molar-refractivity contribution in [2.24, 2.45) is 7.05 Å². The molecule has 1 amide bonds. The van der Waals surface area contributed by atoms with Gasteiger partial charge < -0.3 is 9.88 Å². The molecule has 0 fully saturated rings. The summed E-state index contributed by atoms with van der Waals surface area (Å²) in [4.78, 5) is 16.7. The summed E-state index contributed by atoms with van der Waals surface area (Å²) < 4.78 is 41.9. The van der Waals surface area contributed by atoms with Crippen molar-refractivity contribution in [1.29, 1.82) is 0 Å². The zero-order valence-electron chi connectivity index (χ0n) is 15.2. The number of amides is 1. The number of nitrogens with zero attached hydrogens (tertiary/aromatic N) is 2. The van der Waals surface area contributed by atoms with Gasteiger partial charge >= 0.3 is 0 Å². The third-order valence-corrected chi connectivity index (χ3v) is 4.76. The van der Waals surface area contributed by atoms with E-state index in [4.69, 9.17) is 11.6 Å². The highest BCUT2D eigenvalue weighted by Gasteiger charge is 2.18. The van der Waals surface area contributed by atoms with Crippen LogP contribution in [0.2, 0.25) is 5.02 Å². The molecule has 1 N–H and O–H groups in total. The summed E-state index contributed by atoms with van der Waals surface area (Å²) in [5, 5.41) is 2.95. The Kier molecular flexibility index (Phi) is 5.74. The third-order valence-electron chi connectivity index (χ3n) is 4.40. The molecule has 0 aliphatic rings. The first-order valence-corrected chi connectivity index (χ1v) is 8.82. The summed E-state index contributed by atoms with van der Waals surface area (Å²) in [7, 11) is 1.66. The van der Waals surface area contributed by atoms with E-state index in [1.54, 1.807) is 18.5 Å². The second kappa shape index (κ2) is 8.06. The third kappa shape index (κ3) is 4.20. The van der Waals surface area contributed by atoms with Crippen LogP contribution < -0.4 is 5.32 Å². The van der Waals surface area contributed by atoms with Gasteiger partial charge in [0.05, 0.1) is 17.7 Å². The quantitative estimate of drug-likeness (QED) is 0.684. The molecule has 0 aliphatic carbocycles. The number of carbonyl (C=O) groups excluding carboxylic acids is 1. The molecule has 0 unspecified atom stereocenters. The maximum absolute atomic E-state index is 14.1. The average molecular weight is 408 g/mol. The summed E-state index contributed by atoms with van der Waals surface area (Å²) in [6.07, 6.45) is 0.0109. The van der Waals surface area contributed by atoms with E-state index in [1.165, 1.54) is 24.3 Å². The number of imidazole rings is 1. The van der Waals surface area contributed by atoms with Crippen LogP contribution in [0, 0.1) is 24.4 Å². The van der Waals surface area contributed by atoms with Crippen LogP contribution >= 0.6 is 11.6 Å². The number of aromatic nitrogens is 2. The molecule has 2 aromatic carbocycles. The van der Waals surface area contributed by atoms with Crippen LogP contribution in [0.5, 0.6) is 0 Å². The molecule has 0 spiro atoms. The van der Waals surface area contributed by atoms with Crippen molar-refractivity contribution in [3.8, 4) is 11.4 Å². The van der Waals surface area contributed by atoms with Crippen molar-refractivity contribution in [2.45, 2.75) is 19.9 Å². The molecule has 8 heteroatoms. The van der Waals surface area contributed by atoms with E-state index in [2.05, 4.69) is 10.3 Å². The van der Waals surface area contributed by atoms with Crippen molar-refractivity contribution in [3.63, 3.8) is 0 Å². The lowest BCUT2D eigenvalue weighted by molar-refractivity contribution is -0.120. The molecule has 4 nitrogen and oxygen atoms in total. The summed E-state index contributed by atoms with van der Waals surface area (Å²) in [6.45, 7) is 1.86. The lowest BCUT2D eigenvalue weighted by Gasteiger charge is -2.09. The Morgan fingerprint density at radius 2 is 1.82 bits per heavy atom. The fourth-order valence-corrected chi connectivity index (χ4v) is 3.13. The Bertz CT molecular complexity index is 1050. The van der Waals surface area contributed by atoms with E-state index in [-0.39, 0.29) is 29.5 Å². The maximum Gasteiger partial charge on any atom is 0.226 e. The fourth-order valence-electron chi connectivity index (χ4n) is 2.90. The van der Waals surface area contributed by atoms with Gasteiger partial charge in [0.2, 0.25) is 5.91 Å². The van der Waals surface area contributed by atoms with Gasteiger partial charge in [0.25, 0.3) is 0 Å². The van der Waals surface area contributed by atoms with Gasteiger partial charge in [-0.2, -0.15) is 0 Å². The van der Waals surface area contributed by atoms with Gasteiger partial charge in [-0.25, -0.2) is 18.2 Å². The topological polar surface area (TPSA) is 46.9 Å². The van der Waals surface area contributed by atoms with Gasteiger partial charge in [0.1, 0.15) is 23.3 Å². The normalized spacial score (nSPS) is 10.9. The molecule has 0 saturated heterocycles. The first-order chi connectivity index (χ1) is 13.3. The first kappa shape index (κ1) is 19.9. The molecule has 0 atom stereocenters. The van der Waals surface area contributed by atoms with Crippen LogP contribution in [0.25, 0.3) is 11.4 Å². The minimum absolute atomic E-state index is 0.0109. The highest BCUT2D eigenvalue weighted by molar-refractivity contribution is 6.31. The fraction of sp³-hybridized carbons (Fsp3) is 0.200. The SMILES string of the molecule is Cc1nc(-c2ccc(F)cc2F)n(C)c1CC(=O)NCc1ccc(F)cc1Cl. The second-order valence-electron chi connectivity index (χ2n) is 6.34. The van der Waals surface area contributed by atoms with Crippen LogP contribution in [0.3, 0.4) is 0 Å². The monoisotopic (exact) mass is 407 g/mol. The van der Waals surface area contributed by atoms with Gasteiger partial charge in [0, 0.05) is 30.4 Å². The Hall–Kier alpha value is -2.80. The predicted molar refractivity (Wildman–Crippen MR) is 100 cm³/mol. The highest BCUT2D eigenvalue weighted by atomic mass is 35.5. The van der Waals surface area contributed by atoms with E-state index in [0.717, 1.165) is 12.1 Å². The minimum Gasteiger partial charge on any atom is -0.352 e. The molecule has 3 rings (SSSR count). The van der Waals surface area contributed by atoms with Gasteiger partial charge in [-0.05, 0) is 36.8 Å². The summed E-state index contributed by atoms with van der Waals surface area (Å²) >= 11 is 5.95. The number of aryl methyl sites for hydroxylation is 1. The number of hydrogen-bond acceptors (Lipinski definition) is 2. The van der Waals surface area contributed by atoms with E-state index in [9.17, 15) is 18.0 Å². The van der Waals surface area contributed by atoms with Crippen molar-refractivity contribution in [3.05, 3.63) is 75.8 Å². The van der Waals surface area contributed by atoms with Crippen molar-refractivity contribution in [1.82, 2.24) is 14.9 Å². The van der Waals surface area contributed by atoms with Crippen LogP contribution in [0.1, 0.15) is 17.0 Å². The smallest absolute Gasteiger partial charge is 0.226 e. The number of carbonyl (C=O) groups is 1. The molecule has 0 saturated carbocycles. The van der Waals surface area contributed by atoms with Gasteiger partial charge in [-0.1, -0.05) is 17.7 Å². The minimum atomic E-state index is -0.727. The maximum atomic E-state index is 14.1. The molecule has 28 heavy (non-hydrogen) atoms. The molecule has 0 aliphatic heterocycles. The Morgan fingerprint density at radius 1 is 1.14 bits per heavy atom. The van der Waals surface area contributed by atoms with Crippen LogP contribution in [-0.4, -0.2) is 15.5 Å². The molecule has 0 radical (unpaired) electrons. The molecule has 146 valence electrons. The van der Waals surface area contributed by atoms with Crippen LogP contribution in [0.4, 0.5) is 13.2 Å². The van der Waals surface area contributed by atoms with Crippen molar-refractivity contribution >= 4 is 17.5 Å². The molecular formula is C20H17ClF3N3O. The molecule has 3 aromatic rings. The number of nitrogens with one attached hydrogen (secondary N) is 1. The van der Waals surface area contributed by atoms with E-state index >= 15 is 0 Å². The largest absolute Gasteiger partial charge is 0.352 e. The van der Waals surface area contributed by atoms with E-state index in [1.807, 2.05) is 0 Å². The number of hydrogen-bond donors (Lipinski definition) is 1. The Labute approximate surface area is 165 Å². The predicted octanol–water partition coefficient (Wildman–Crippen LogP) is 4.33. The van der Waals surface area contributed by atoms with Crippen LogP contribution in [-0.2, 0) is 24.8 Å². The lowest BCUT2D eigenvalue weighted by Crippen LogP contribution is -2.26. The summed E-state index contributed by atoms with van der Waals surface area (Å²) in [5.74, 6) is -1.84. The number of rotatable bonds is 5. The second-order valence-corrected chi connectivity index (χ2v) is 6.75. The number of halogens is 4. The van der Waals surface area contributed by atoms with Crippen molar-refractivity contribution in [2.75, 3.05) is 0 Å². The Morgan fingerprint density at radius 3 is 2.50 bits per heavy atom. The summed E-state index contributed by atoms with van der Waals surface area (Å²) in [5.41, 5.74) is 1.90. The molecule has 1 heterocycles. The van der Waals surface area contributed by atoms with Crippen molar-refractivity contribution < 1.29 is 18.0 Å². The first-order valence-electron chi connectivity index (χ1n) is 8.44. The Balaban J connectivity index is 1.75. The zero-order chi connectivity index (χ0) is 20.4. The standard InChI is InChI=1S/C20H17ClF3N3O/c1-11-18(9-19(28)25-10-12-3-4-13(22)7-16(12)21)27(2)20(26-11)15-6-5-14(23)8-17(15)24/h3-8H,9-10H2,1-2H3,(H,25,28). The molecule has 0 bridgehead atoms. The van der Waals surface area contributed by atoms with Gasteiger partial charge in [-0.15, -0.1) is 0 Å². The highest BCUT2D eigenvalue weighted by Crippen LogP contribution is 2.25. The molecular weight excluding hydrogens is 391 g/mol.